The molecular weight excluding hydrogens is 1040 g/mol. The number of halogens is 25. The predicted octanol–water partition coefficient (Wildman–Crippen LogP) is 6.20. The average molecular weight is 1090 g/mol. The second-order valence-electron chi connectivity index (χ2n) is 14.9. The van der Waals surface area contributed by atoms with Gasteiger partial charge >= 0.3 is 60.4 Å². The second-order valence-corrected chi connectivity index (χ2v) is 14.9. The topological polar surface area (TPSA) is 172 Å². The van der Waals surface area contributed by atoms with E-state index in [2.05, 4.69) is 0 Å². The fraction of sp³-hybridized carbons (Fsp3) is 1.00. The second kappa shape index (κ2) is 28.9. The van der Waals surface area contributed by atoms with Gasteiger partial charge in [0.15, 0.2) is 0 Å². The summed E-state index contributed by atoms with van der Waals surface area (Å²) in [7, 11) is 4.71. The Morgan fingerprint density at radius 2 is 0.609 bits per heavy atom. The number of likely N-dealkylation sites (N-methyl/N-ethyl adjacent to an activating group) is 3. The van der Waals surface area contributed by atoms with E-state index in [0.29, 0.717) is 6.54 Å². The summed E-state index contributed by atoms with van der Waals surface area (Å²) in [5.41, 5.74) is -15.0. The Bertz CT molecular complexity index is 1300. The minimum Gasteiger partial charge on any atom is -0.395 e. The fourth-order valence-electron chi connectivity index (χ4n) is 4.86. The minimum absolute atomic E-state index is 0.0304. The molecule has 36 heteroatoms. The summed E-state index contributed by atoms with van der Waals surface area (Å²) in [5.74, 6) is -8.63. The van der Waals surface area contributed by atoms with Crippen LogP contribution in [0.15, 0.2) is 0 Å². The Balaban J connectivity index is -0.000000411. The fourth-order valence-corrected chi connectivity index (χ4v) is 4.86. The molecule has 0 amide bonds. The van der Waals surface area contributed by atoms with E-state index in [1.54, 1.807) is 19.0 Å². The molecule has 3 atom stereocenters. The number of rotatable bonds is 22. The van der Waals surface area contributed by atoms with Crippen LogP contribution in [-0.4, -0.2) is 220 Å². The van der Waals surface area contributed by atoms with Crippen molar-refractivity contribution in [2.24, 2.45) is 0 Å². The van der Waals surface area contributed by atoms with Crippen LogP contribution in [0.5, 0.6) is 0 Å². The number of aliphatic hydroxyl groups is 8. The largest absolute Gasteiger partial charge is 0.453 e. The van der Waals surface area contributed by atoms with Crippen molar-refractivity contribution in [2.45, 2.75) is 130 Å². The van der Waals surface area contributed by atoms with Gasteiger partial charge in [0.2, 0.25) is 0 Å². The van der Waals surface area contributed by atoms with E-state index >= 15 is 0 Å². The zero-order valence-electron chi connectivity index (χ0n) is 35.9. The Morgan fingerprint density at radius 1 is 0.362 bits per heavy atom. The zero-order chi connectivity index (χ0) is 56.3. The number of nitrogens with zero attached hydrogens (tertiary/aromatic N) is 3. The molecule has 0 aliphatic heterocycles. The number of hydrogen-bond donors (Lipinski definition) is 8. The first-order chi connectivity index (χ1) is 30.3. The van der Waals surface area contributed by atoms with E-state index in [4.69, 9.17) is 25.5 Å². The van der Waals surface area contributed by atoms with Gasteiger partial charge in [-0.2, -0.15) is 101 Å². The summed E-state index contributed by atoms with van der Waals surface area (Å²) in [6, 6.07) is 0. The monoisotopic (exact) mass is 1090 g/mol. The van der Waals surface area contributed by atoms with Gasteiger partial charge in [-0.3, -0.25) is 0 Å². The molecule has 0 radical (unpaired) electrons. The van der Waals surface area contributed by atoms with Gasteiger partial charge in [-0.25, -0.2) is 8.78 Å². The lowest BCUT2D eigenvalue weighted by Crippen LogP contribution is -2.80. The lowest BCUT2D eigenvalue weighted by atomic mass is 9.79. The van der Waals surface area contributed by atoms with Crippen LogP contribution in [0, 0.1) is 0 Å². The summed E-state index contributed by atoms with van der Waals surface area (Å²) in [5, 5.41) is 69.7. The normalized spacial score (nSPS) is 15.5. The van der Waals surface area contributed by atoms with Gasteiger partial charge in [0.05, 0.1) is 38.1 Å². The van der Waals surface area contributed by atoms with Crippen molar-refractivity contribution in [2.75, 3.05) is 80.2 Å². The van der Waals surface area contributed by atoms with E-state index in [1.165, 1.54) is 16.8 Å². The molecule has 422 valence electrons. The first-order valence-corrected chi connectivity index (χ1v) is 18.9. The maximum absolute atomic E-state index is 12.9. The third-order valence-electron chi connectivity index (χ3n) is 8.45. The van der Waals surface area contributed by atoms with Crippen molar-refractivity contribution in [1.82, 2.24) is 14.7 Å². The van der Waals surface area contributed by atoms with Crippen molar-refractivity contribution in [3.05, 3.63) is 0 Å². The van der Waals surface area contributed by atoms with Gasteiger partial charge < -0.3 is 55.6 Å². The highest BCUT2D eigenvalue weighted by molar-refractivity contribution is 5.16. The lowest BCUT2D eigenvalue weighted by Gasteiger charge is -2.45. The Hall–Kier alpha value is -2.19. The third kappa shape index (κ3) is 28.6. The van der Waals surface area contributed by atoms with Crippen LogP contribution in [0.4, 0.5) is 110 Å². The Morgan fingerprint density at radius 3 is 0.812 bits per heavy atom. The molecule has 0 bridgehead atoms. The molecular formula is C33H52F25N3O8. The van der Waals surface area contributed by atoms with Gasteiger partial charge in [-0.05, 0) is 40.4 Å². The standard InChI is InChI=1S/C10H18F5NO2.C9H16F5NO2.C8H16F3NO2.C6H2F12O2/c1-16(4-5-17)6-8(18)2-3-9(11,12)7-10(13,14)15;1-15(4-5-16)6-7(17)2-3-8(10,11)9(12,13)14;1-12(4-5-13)6-7(14)2-3-8(9,10)11;7-3(8,9)1(19,4(10,11)12)2(20,5(13,14)15)6(16,17)18/h8,17-18H,2-7H2,1H3;7,16-17H,2-6H2,1H3;7,13-14H,2-6H2,1H3;19-20H. The quantitative estimate of drug-likeness (QED) is 0.0581. The van der Waals surface area contributed by atoms with Crippen LogP contribution >= 0.6 is 0 Å². The number of aliphatic hydroxyl groups excluding tert-OH is 6. The molecule has 0 saturated carbocycles. The van der Waals surface area contributed by atoms with Gasteiger partial charge in [0.1, 0.15) is 6.42 Å². The molecule has 69 heavy (non-hydrogen) atoms. The van der Waals surface area contributed by atoms with Crippen molar-refractivity contribution in [1.29, 1.82) is 0 Å². The molecule has 0 aliphatic carbocycles. The lowest BCUT2D eigenvalue weighted by molar-refractivity contribution is -0.496. The molecule has 11 nitrogen and oxygen atoms in total. The van der Waals surface area contributed by atoms with Gasteiger partial charge in [0, 0.05) is 58.5 Å². The molecule has 0 heterocycles. The van der Waals surface area contributed by atoms with Crippen LogP contribution in [0.3, 0.4) is 0 Å². The Kier molecular flexibility index (Phi) is 30.7. The molecule has 0 aromatic carbocycles. The first kappa shape index (κ1) is 73.3. The van der Waals surface area contributed by atoms with Crippen LogP contribution in [0.2, 0.25) is 0 Å². The molecule has 0 spiro atoms. The van der Waals surface area contributed by atoms with Gasteiger partial charge in [-0.1, -0.05) is 0 Å². The van der Waals surface area contributed by atoms with Crippen molar-refractivity contribution >= 4 is 0 Å². The van der Waals surface area contributed by atoms with Crippen LogP contribution in [-0.2, 0) is 0 Å². The summed E-state index contributed by atoms with van der Waals surface area (Å²) in [6.07, 6.45) is -55.2. The molecule has 0 saturated heterocycles. The number of alkyl halides is 25. The summed E-state index contributed by atoms with van der Waals surface area (Å²) < 4.78 is 301. The van der Waals surface area contributed by atoms with Crippen molar-refractivity contribution in [3.63, 3.8) is 0 Å². The van der Waals surface area contributed by atoms with E-state index in [-0.39, 0.29) is 59.0 Å². The summed E-state index contributed by atoms with van der Waals surface area (Å²) in [6.45, 7) is 0.553. The summed E-state index contributed by atoms with van der Waals surface area (Å²) >= 11 is 0. The van der Waals surface area contributed by atoms with E-state index in [0.717, 1.165) is 0 Å². The van der Waals surface area contributed by atoms with E-state index in [9.17, 15) is 125 Å². The molecule has 0 rings (SSSR count). The minimum atomic E-state index is -7.52. The molecule has 0 aromatic heterocycles. The number of hydrogen-bond acceptors (Lipinski definition) is 11. The van der Waals surface area contributed by atoms with Crippen LogP contribution in [0.1, 0.15) is 44.9 Å². The maximum atomic E-state index is 12.9. The van der Waals surface area contributed by atoms with E-state index < -0.39 is 123 Å². The average Bonchev–Trinajstić information content (AvgIpc) is 3.09. The highest BCUT2D eigenvalue weighted by Crippen LogP contribution is 2.59. The highest BCUT2D eigenvalue weighted by Gasteiger charge is 2.93. The van der Waals surface area contributed by atoms with Crippen molar-refractivity contribution in [3.8, 4) is 0 Å². The molecule has 3 unspecified atom stereocenters. The molecule has 0 aromatic rings. The molecule has 8 N–H and O–H groups in total. The van der Waals surface area contributed by atoms with Crippen molar-refractivity contribution < 1.29 is 151 Å². The summed E-state index contributed by atoms with van der Waals surface area (Å²) in [4.78, 5) is 4.53. The first-order valence-electron chi connectivity index (χ1n) is 18.9. The van der Waals surface area contributed by atoms with Gasteiger partial charge in [0.25, 0.3) is 5.92 Å². The smallest absolute Gasteiger partial charge is 0.395 e. The zero-order valence-corrected chi connectivity index (χ0v) is 35.9. The van der Waals surface area contributed by atoms with Crippen LogP contribution < -0.4 is 0 Å². The van der Waals surface area contributed by atoms with E-state index in [1.807, 2.05) is 0 Å². The third-order valence-corrected chi connectivity index (χ3v) is 8.45. The highest BCUT2D eigenvalue weighted by atomic mass is 19.4. The molecule has 0 fully saturated rings. The Labute approximate surface area is 375 Å². The molecule has 0 aliphatic rings. The van der Waals surface area contributed by atoms with Crippen LogP contribution in [0.25, 0.3) is 0 Å². The SMILES string of the molecule is CN(CCO)CC(O)CCC(F)(F)C(F)(F)F.CN(CCO)CC(O)CCC(F)(F)CC(F)(F)F.CN(CCO)CC(O)CCC(F)(F)F.OC(C(F)(F)F)(C(F)(F)F)C(O)(C(F)(F)F)C(F)(F)F. The van der Waals surface area contributed by atoms with Gasteiger partial charge in [-0.15, -0.1) is 0 Å². The predicted molar refractivity (Wildman–Crippen MR) is 186 cm³/mol. The maximum Gasteiger partial charge on any atom is 0.453 e.